The number of hydrogen-bond donors (Lipinski definition) is 0. The SMILES string of the molecule is ClC1CC2C=CC3CC(C2)CC1C3. The van der Waals surface area contributed by atoms with Gasteiger partial charge in [-0.15, -0.1) is 11.6 Å². The zero-order valence-electron chi connectivity index (χ0n) is 7.95. The van der Waals surface area contributed by atoms with E-state index in [1.54, 1.807) is 0 Å². The van der Waals surface area contributed by atoms with Gasteiger partial charge in [-0.25, -0.2) is 0 Å². The number of rotatable bonds is 0. The Hall–Kier alpha value is 0.0300. The molecular formula is C12H17Cl. The van der Waals surface area contributed by atoms with Gasteiger partial charge >= 0.3 is 0 Å². The Kier molecular flexibility index (Phi) is 1.94. The zero-order valence-corrected chi connectivity index (χ0v) is 8.71. The fourth-order valence-corrected chi connectivity index (χ4v) is 4.09. The zero-order chi connectivity index (χ0) is 8.84. The lowest BCUT2D eigenvalue weighted by Gasteiger charge is -2.33. The maximum atomic E-state index is 6.45. The van der Waals surface area contributed by atoms with Crippen molar-refractivity contribution < 1.29 is 0 Å². The van der Waals surface area contributed by atoms with Crippen molar-refractivity contribution in [2.45, 2.75) is 37.5 Å². The van der Waals surface area contributed by atoms with Crippen LogP contribution in [0.2, 0.25) is 0 Å². The number of hydrogen-bond acceptors (Lipinski definition) is 0. The summed E-state index contributed by atoms with van der Waals surface area (Å²) < 4.78 is 0. The fraction of sp³-hybridized carbons (Fsp3) is 0.833. The van der Waals surface area contributed by atoms with Crippen LogP contribution in [0.15, 0.2) is 12.2 Å². The molecule has 3 aliphatic rings. The van der Waals surface area contributed by atoms with Crippen molar-refractivity contribution in [1.29, 1.82) is 0 Å². The van der Waals surface area contributed by atoms with Crippen molar-refractivity contribution in [3.05, 3.63) is 12.2 Å². The summed E-state index contributed by atoms with van der Waals surface area (Å²) >= 11 is 6.45. The number of halogens is 1. The molecule has 0 saturated heterocycles. The van der Waals surface area contributed by atoms with Gasteiger partial charge in [0, 0.05) is 5.38 Å². The van der Waals surface area contributed by atoms with Gasteiger partial charge in [-0.3, -0.25) is 0 Å². The van der Waals surface area contributed by atoms with Gasteiger partial charge in [-0.2, -0.15) is 0 Å². The molecule has 13 heavy (non-hydrogen) atoms. The minimum Gasteiger partial charge on any atom is -0.123 e. The summed E-state index contributed by atoms with van der Waals surface area (Å²) in [6.45, 7) is 0. The molecule has 0 nitrogen and oxygen atoms in total. The molecule has 0 radical (unpaired) electrons. The summed E-state index contributed by atoms with van der Waals surface area (Å²) in [4.78, 5) is 0. The summed E-state index contributed by atoms with van der Waals surface area (Å²) in [5.41, 5.74) is 0. The first kappa shape index (κ1) is 8.35. The van der Waals surface area contributed by atoms with Crippen LogP contribution in [0.5, 0.6) is 0 Å². The Morgan fingerprint density at radius 2 is 1.54 bits per heavy atom. The molecule has 3 rings (SSSR count). The van der Waals surface area contributed by atoms with E-state index >= 15 is 0 Å². The average Bonchev–Trinajstić information content (AvgIpc) is 2.30. The first-order valence-corrected chi connectivity index (χ1v) is 6.07. The van der Waals surface area contributed by atoms with Crippen LogP contribution in [0, 0.1) is 23.7 Å². The first-order chi connectivity index (χ1) is 6.31. The molecule has 0 aromatic carbocycles. The molecule has 2 saturated carbocycles. The Balaban J connectivity index is 1.95. The lowest BCUT2D eigenvalue weighted by atomic mass is 9.75. The van der Waals surface area contributed by atoms with Gasteiger partial charge in [0.25, 0.3) is 0 Å². The standard InChI is InChI=1S/C12H17Cl/c13-12-7-9-2-1-8-3-10(4-9)6-11(12)5-8/h1-2,8-12H,3-7H2. The van der Waals surface area contributed by atoms with E-state index in [1.807, 2.05) is 0 Å². The third-order valence-corrected chi connectivity index (χ3v) is 4.74. The van der Waals surface area contributed by atoms with Crippen LogP contribution in [0.3, 0.4) is 0 Å². The summed E-state index contributed by atoms with van der Waals surface area (Å²) in [7, 11) is 0. The average molecular weight is 197 g/mol. The summed E-state index contributed by atoms with van der Waals surface area (Å²) in [6, 6.07) is 0. The van der Waals surface area contributed by atoms with Crippen LogP contribution in [-0.2, 0) is 0 Å². The Labute approximate surface area is 85.3 Å². The quantitative estimate of drug-likeness (QED) is 0.410. The second kappa shape index (κ2) is 3.02. The molecule has 0 heterocycles. The van der Waals surface area contributed by atoms with Crippen LogP contribution in [0.1, 0.15) is 32.1 Å². The van der Waals surface area contributed by atoms with Crippen molar-refractivity contribution in [2.75, 3.05) is 0 Å². The molecule has 4 bridgehead atoms. The minimum absolute atomic E-state index is 0.475. The molecule has 2 fully saturated rings. The molecule has 5 atom stereocenters. The van der Waals surface area contributed by atoms with E-state index in [4.69, 9.17) is 11.6 Å². The topological polar surface area (TPSA) is 0 Å². The normalized spacial score (nSPS) is 53.5. The predicted octanol–water partition coefficient (Wildman–Crippen LogP) is 3.61. The molecule has 0 amide bonds. The molecule has 0 aliphatic heterocycles. The van der Waals surface area contributed by atoms with Gasteiger partial charge < -0.3 is 0 Å². The number of alkyl halides is 1. The third-order valence-electron chi connectivity index (χ3n) is 4.21. The Morgan fingerprint density at radius 1 is 0.846 bits per heavy atom. The Morgan fingerprint density at radius 3 is 2.31 bits per heavy atom. The van der Waals surface area contributed by atoms with E-state index < -0.39 is 0 Å². The van der Waals surface area contributed by atoms with Gasteiger partial charge in [-0.05, 0) is 55.8 Å². The second-order valence-corrected chi connectivity index (χ2v) is 5.79. The first-order valence-electron chi connectivity index (χ1n) is 5.63. The molecule has 72 valence electrons. The van der Waals surface area contributed by atoms with E-state index in [9.17, 15) is 0 Å². The predicted molar refractivity (Wildman–Crippen MR) is 55.8 cm³/mol. The minimum atomic E-state index is 0.475. The van der Waals surface area contributed by atoms with Gasteiger partial charge in [0.05, 0.1) is 0 Å². The van der Waals surface area contributed by atoms with Crippen LogP contribution >= 0.6 is 11.6 Å². The van der Waals surface area contributed by atoms with E-state index in [-0.39, 0.29) is 0 Å². The monoisotopic (exact) mass is 196 g/mol. The van der Waals surface area contributed by atoms with Crippen LogP contribution in [0.4, 0.5) is 0 Å². The molecule has 0 spiro atoms. The van der Waals surface area contributed by atoms with Crippen LogP contribution in [0.25, 0.3) is 0 Å². The molecule has 0 N–H and O–H groups in total. The number of allylic oxidation sites excluding steroid dienone is 2. The highest BCUT2D eigenvalue weighted by Crippen LogP contribution is 2.47. The van der Waals surface area contributed by atoms with Gasteiger partial charge in [0.15, 0.2) is 0 Å². The molecule has 0 aromatic rings. The van der Waals surface area contributed by atoms with Crippen LogP contribution in [-0.4, -0.2) is 5.38 Å². The van der Waals surface area contributed by atoms with E-state index in [1.165, 1.54) is 32.1 Å². The van der Waals surface area contributed by atoms with Crippen molar-refractivity contribution >= 4 is 11.6 Å². The number of fused-ring (bicyclic) bond motifs is 3. The lowest BCUT2D eigenvalue weighted by molar-refractivity contribution is 0.231. The van der Waals surface area contributed by atoms with E-state index in [0.717, 1.165) is 23.7 Å². The second-order valence-electron chi connectivity index (χ2n) is 5.23. The maximum absolute atomic E-state index is 6.45. The molecule has 1 heteroatoms. The van der Waals surface area contributed by atoms with E-state index in [2.05, 4.69) is 12.2 Å². The highest BCUT2D eigenvalue weighted by molar-refractivity contribution is 6.20. The molecular weight excluding hydrogens is 180 g/mol. The molecule has 3 aliphatic carbocycles. The maximum Gasteiger partial charge on any atom is 0.0370 e. The van der Waals surface area contributed by atoms with E-state index in [0.29, 0.717) is 5.38 Å². The van der Waals surface area contributed by atoms with Crippen molar-refractivity contribution in [3.8, 4) is 0 Å². The van der Waals surface area contributed by atoms with Gasteiger partial charge in [-0.1, -0.05) is 12.2 Å². The van der Waals surface area contributed by atoms with Gasteiger partial charge in [0.2, 0.25) is 0 Å². The highest BCUT2D eigenvalue weighted by atomic mass is 35.5. The fourth-order valence-electron chi connectivity index (χ4n) is 3.66. The Bertz CT molecular complexity index is 233. The van der Waals surface area contributed by atoms with Gasteiger partial charge in [0.1, 0.15) is 0 Å². The molecule has 5 unspecified atom stereocenters. The lowest BCUT2D eigenvalue weighted by Crippen LogP contribution is -2.25. The smallest absolute Gasteiger partial charge is 0.0370 e. The third kappa shape index (κ3) is 1.44. The van der Waals surface area contributed by atoms with Crippen molar-refractivity contribution in [2.24, 2.45) is 23.7 Å². The summed E-state index contributed by atoms with van der Waals surface area (Å²) in [5.74, 6) is 3.51. The van der Waals surface area contributed by atoms with Crippen molar-refractivity contribution in [3.63, 3.8) is 0 Å². The van der Waals surface area contributed by atoms with Crippen molar-refractivity contribution in [1.82, 2.24) is 0 Å². The highest BCUT2D eigenvalue weighted by Gasteiger charge is 2.38. The summed E-state index contributed by atoms with van der Waals surface area (Å²) in [6.07, 6.45) is 11.9. The molecule has 0 aromatic heterocycles. The van der Waals surface area contributed by atoms with Crippen LogP contribution < -0.4 is 0 Å². The largest absolute Gasteiger partial charge is 0.123 e. The summed E-state index contributed by atoms with van der Waals surface area (Å²) in [5, 5.41) is 0.475.